The molecule has 108 valence electrons. The van der Waals surface area contributed by atoms with E-state index in [1.165, 1.54) is 18.3 Å². The Bertz CT molecular complexity index is 549. The molecule has 0 aliphatic heterocycles. The second-order valence-electron chi connectivity index (χ2n) is 4.21. The average molecular weight is 285 g/mol. The molecule has 4 nitrogen and oxygen atoms in total. The zero-order valence-corrected chi connectivity index (χ0v) is 10.6. The minimum absolute atomic E-state index is 0.330. The molecule has 0 radical (unpaired) electrons. The average Bonchev–Trinajstić information content (AvgIpc) is 2.83. The van der Waals surface area contributed by atoms with Crippen LogP contribution in [0.5, 0.6) is 11.5 Å². The molecule has 0 fully saturated rings. The van der Waals surface area contributed by atoms with Gasteiger partial charge in [0.2, 0.25) is 0 Å². The number of alkyl halides is 3. The fourth-order valence-corrected chi connectivity index (χ4v) is 1.62. The van der Waals surface area contributed by atoms with Crippen molar-refractivity contribution < 1.29 is 17.9 Å². The zero-order chi connectivity index (χ0) is 14.6. The molecule has 0 saturated carbocycles. The van der Waals surface area contributed by atoms with E-state index in [0.29, 0.717) is 24.6 Å². The first-order valence-electron chi connectivity index (χ1n) is 6.06. The lowest BCUT2D eigenvalue weighted by molar-refractivity contribution is -0.137. The van der Waals surface area contributed by atoms with Crippen molar-refractivity contribution in [2.24, 2.45) is 5.73 Å². The quantitative estimate of drug-likeness (QED) is 0.918. The molecule has 0 aliphatic carbocycles. The summed E-state index contributed by atoms with van der Waals surface area (Å²) in [6, 6.07) is 4.52. The van der Waals surface area contributed by atoms with Crippen LogP contribution in [0.15, 0.2) is 36.7 Å². The monoisotopic (exact) mass is 285 g/mol. The van der Waals surface area contributed by atoms with Crippen LogP contribution < -0.4 is 10.5 Å². The molecule has 0 saturated heterocycles. The lowest BCUT2D eigenvalue weighted by Crippen LogP contribution is -2.05. The number of hydrogen-bond acceptors (Lipinski definition) is 3. The van der Waals surface area contributed by atoms with Crippen LogP contribution >= 0.6 is 0 Å². The largest absolute Gasteiger partial charge is 0.454 e. The van der Waals surface area contributed by atoms with Crippen LogP contribution in [0.1, 0.15) is 12.0 Å². The van der Waals surface area contributed by atoms with Crippen LogP contribution in [-0.2, 0) is 12.7 Å². The molecule has 1 aromatic heterocycles. The first-order valence-corrected chi connectivity index (χ1v) is 6.06. The van der Waals surface area contributed by atoms with Gasteiger partial charge in [0.25, 0.3) is 0 Å². The molecule has 1 aromatic carbocycles. The summed E-state index contributed by atoms with van der Waals surface area (Å²) in [4.78, 5) is 0. The third-order valence-corrected chi connectivity index (χ3v) is 2.62. The van der Waals surface area contributed by atoms with Crippen LogP contribution in [0, 0.1) is 0 Å². The fraction of sp³-hybridized carbons (Fsp3) is 0.308. The Balaban J connectivity index is 2.01. The Hall–Kier alpha value is -2.02. The highest BCUT2D eigenvalue weighted by molar-refractivity contribution is 5.32. The van der Waals surface area contributed by atoms with Gasteiger partial charge in [-0.15, -0.1) is 0 Å². The summed E-state index contributed by atoms with van der Waals surface area (Å²) in [5, 5.41) is 4.06. The predicted octanol–water partition coefficient (Wildman–Crippen LogP) is 3.04. The van der Waals surface area contributed by atoms with Gasteiger partial charge in [0, 0.05) is 6.54 Å². The number of benzene rings is 1. The van der Waals surface area contributed by atoms with Gasteiger partial charge in [0.15, 0.2) is 5.75 Å². The Kier molecular flexibility index (Phi) is 4.29. The van der Waals surface area contributed by atoms with E-state index >= 15 is 0 Å². The van der Waals surface area contributed by atoms with E-state index in [0.717, 1.165) is 18.6 Å². The molecule has 0 atom stereocenters. The van der Waals surface area contributed by atoms with Crippen LogP contribution in [0.25, 0.3) is 0 Å². The summed E-state index contributed by atoms with van der Waals surface area (Å²) in [5.74, 6) is 0.804. The van der Waals surface area contributed by atoms with Crippen molar-refractivity contribution in [2.45, 2.75) is 19.1 Å². The van der Waals surface area contributed by atoms with Crippen LogP contribution in [-0.4, -0.2) is 16.3 Å². The molecule has 2 N–H and O–H groups in total. The molecule has 7 heteroatoms. The maximum absolute atomic E-state index is 12.4. The molecule has 2 rings (SSSR count). The second kappa shape index (κ2) is 5.96. The molecule has 0 amide bonds. The highest BCUT2D eigenvalue weighted by Crippen LogP contribution is 2.31. The SMILES string of the molecule is NCCCn1cc(Oc2ccc(C(F)(F)F)cc2)cn1. The molecular weight excluding hydrogens is 271 g/mol. The van der Waals surface area contributed by atoms with E-state index in [2.05, 4.69) is 5.10 Å². The van der Waals surface area contributed by atoms with Crippen LogP contribution in [0.2, 0.25) is 0 Å². The van der Waals surface area contributed by atoms with Crippen molar-refractivity contribution >= 4 is 0 Å². The summed E-state index contributed by atoms with van der Waals surface area (Å²) in [5.41, 5.74) is 4.69. The number of aromatic nitrogens is 2. The van der Waals surface area contributed by atoms with Gasteiger partial charge in [-0.1, -0.05) is 0 Å². The highest BCUT2D eigenvalue weighted by Gasteiger charge is 2.30. The lowest BCUT2D eigenvalue weighted by Gasteiger charge is -2.07. The maximum Gasteiger partial charge on any atom is 0.416 e. The zero-order valence-electron chi connectivity index (χ0n) is 10.6. The second-order valence-corrected chi connectivity index (χ2v) is 4.21. The van der Waals surface area contributed by atoms with Gasteiger partial charge < -0.3 is 10.5 Å². The van der Waals surface area contributed by atoms with E-state index in [1.54, 1.807) is 10.9 Å². The number of ether oxygens (including phenoxy) is 1. The Morgan fingerprint density at radius 1 is 1.15 bits per heavy atom. The third kappa shape index (κ3) is 3.74. The number of halogens is 3. The molecule has 0 unspecified atom stereocenters. The minimum Gasteiger partial charge on any atom is -0.454 e. The van der Waals surface area contributed by atoms with Gasteiger partial charge in [0.1, 0.15) is 5.75 Å². The summed E-state index contributed by atoms with van der Waals surface area (Å²) < 4.78 is 44.3. The van der Waals surface area contributed by atoms with Gasteiger partial charge in [-0.3, -0.25) is 4.68 Å². The molecule has 20 heavy (non-hydrogen) atoms. The number of hydrogen-bond donors (Lipinski definition) is 1. The molecule has 0 aliphatic rings. The van der Waals surface area contributed by atoms with Crippen molar-refractivity contribution in [3.05, 3.63) is 42.2 Å². The number of nitrogens with zero attached hydrogens (tertiary/aromatic N) is 2. The van der Waals surface area contributed by atoms with Gasteiger partial charge in [-0.05, 0) is 37.2 Å². The first-order chi connectivity index (χ1) is 9.49. The topological polar surface area (TPSA) is 53.1 Å². The normalized spacial score (nSPS) is 11.6. The first kappa shape index (κ1) is 14.4. The molecule has 0 spiro atoms. The molecule has 2 aromatic rings. The van der Waals surface area contributed by atoms with Crippen molar-refractivity contribution in [3.8, 4) is 11.5 Å². The third-order valence-electron chi connectivity index (χ3n) is 2.62. The van der Waals surface area contributed by atoms with Crippen molar-refractivity contribution in [1.82, 2.24) is 9.78 Å². The van der Waals surface area contributed by atoms with Crippen molar-refractivity contribution in [1.29, 1.82) is 0 Å². The Morgan fingerprint density at radius 2 is 1.85 bits per heavy atom. The predicted molar refractivity (Wildman–Crippen MR) is 67.4 cm³/mol. The summed E-state index contributed by atoms with van der Waals surface area (Å²) >= 11 is 0. The standard InChI is InChI=1S/C13H14F3N3O/c14-13(15,16)10-2-4-11(5-3-10)20-12-8-18-19(9-12)7-1-6-17/h2-5,8-9H,1,6-7,17H2. The smallest absolute Gasteiger partial charge is 0.416 e. The molecular formula is C13H14F3N3O. The minimum atomic E-state index is -4.34. The van der Waals surface area contributed by atoms with E-state index < -0.39 is 11.7 Å². The van der Waals surface area contributed by atoms with E-state index in [4.69, 9.17) is 10.5 Å². The Labute approximate surface area is 114 Å². The molecule has 0 bridgehead atoms. The molecule has 1 heterocycles. The maximum atomic E-state index is 12.4. The van der Waals surface area contributed by atoms with E-state index in [-0.39, 0.29) is 0 Å². The van der Waals surface area contributed by atoms with E-state index in [9.17, 15) is 13.2 Å². The lowest BCUT2D eigenvalue weighted by atomic mass is 10.2. The van der Waals surface area contributed by atoms with Crippen LogP contribution in [0.4, 0.5) is 13.2 Å². The van der Waals surface area contributed by atoms with Gasteiger partial charge in [-0.2, -0.15) is 18.3 Å². The summed E-state index contributed by atoms with van der Waals surface area (Å²) in [6.45, 7) is 1.24. The summed E-state index contributed by atoms with van der Waals surface area (Å²) in [6.07, 6.45) is -0.367. The van der Waals surface area contributed by atoms with Gasteiger partial charge >= 0.3 is 6.18 Å². The summed E-state index contributed by atoms with van der Waals surface area (Å²) in [7, 11) is 0. The van der Waals surface area contributed by atoms with E-state index in [1.807, 2.05) is 0 Å². The number of aryl methyl sites for hydroxylation is 1. The highest BCUT2D eigenvalue weighted by atomic mass is 19.4. The number of nitrogens with two attached hydrogens (primary N) is 1. The van der Waals surface area contributed by atoms with Crippen LogP contribution in [0.3, 0.4) is 0 Å². The van der Waals surface area contributed by atoms with Crippen molar-refractivity contribution in [3.63, 3.8) is 0 Å². The van der Waals surface area contributed by atoms with Gasteiger partial charge in [0.05, 0.1) is 18.0 Å². The Morgan fingerprint density at radius 3 is 2.45 bits per heavy atom. The fourth-order valence-electron chi connectivity index (χ4n) is 1.62. The van der Waals surface area contributed by atoms with Gasteiger partial charge in [-0.25, -0.2) is 0 Å². The van der Waals surface area contributed by atoms with Crippen molar-refractivity contribution in [2.75, 3.05) is 6.54 Å². The number of rotatable bonds is 5.